The lowest BCUT2D eigenvalue weighted by Crippen LogP contribution is -2.37. The van der Waals surface area contributed by atoms with Crippen molar-refractivity contribution in [2.45, 2.75) is 52.1 Å². The molecular formula is C21H23FN4O2. The van der Waals surface area contributed by atoms with E-state index in [2.05, 4.69) is 4.98 Å². The first-order chi connectivity index (χ1) is 13.4. The molecule has 4 rings (SSSR count). The zero-order valence-electron chi connectivity index (χ0n) is 16.1. The van der Waals surface area contributed by atoms with Crippen LogP contribution in [0.4, 0.5) is 10.2 Å². The van der Waals surface area contributed by atoms with Crippen molar-refractivity contribution in [2.75, 3.05) is 11.4 Å². The van der Waals surface area contributed by atoms with Gasteiger partial charge in [-0.15, -0.1) is 0 Å². The summed E-state index contributed by atoms with van der Waals surface area (Å²) in [7, 11) is 0. The molecule has 0 radical (unpaired) electrons. The fourth-order valence-electron chi connectivity index (χ4n) is 4.10. The third-order valence-corrected chi connectivity index (χ3v) is 5.56. The number of aryl methyl sites for hydroxylation is 1. The maximum absolute atomic E-state index is 13.2. The van der Waals surface area contributed by atoms with Crippen molar-refractivity contribution in [1.29, 1.82) is 0 Å². The van der Waals surface area contributed by atoms with Crippen LogP contribution >= 0.6 is 0 Å². The van der Waals surface area contributed by atoms with Crippen LogP contribution in [-0.2, 0) is 22.6 Å². The lowest BCUT2D eigenvalue weighted by atomic mass is 10.0. The SMILES string of the molecule is CC(=O)N1CCC[C@@H]1c1nc(C)c2c(n1)N(Cc1ccc(F)cc1)C(=O)CC2. The molecule has 146 valence electrons. The minimum Gasteiger partial charge on any atom is -0.333 e. The number of anilines is 1. The van der Waals surface area contributed by atoms with Gasteiger partial charge >= 0.3 is 0 Å². The molecule has 1 atom stereocenters. The number of halogens is 1. The molecule has 0 N–H and O–H groups in total. The highest BCUT2D eigenvalue weighted by Crippen LogP contribution is 2.35. The summed E-state index contributed by atoms with van der Waals surface area (Å²) in [6, 6.07) is 6.00. The van der Waals surface area contributed by atoms with Crippen molar-refractivity contribution in [2.24, 2.45) is 0 Å². The molecule has 3 heterocycles. The molecule has 0 saturated carbocycles. The average molecular weight is 382 g/mol. The van der Waals surface area contributed by atoms with Gasteiger partial charge in [-0.2, -0.15) is 0 Å². The van der Waals surface area contributed by atoms with Gasteiger partial charge in [0.05, 0.1) is 12.6 Å². The molecule has 1 aromatic carbocycles. The highest BCUT2D eigenvalue weighted by atomic mass is 19.1. The van der Waals surface area contributed by atoms with E-state index in [0.717, 1.165) is 29.7 Å². The number of carbonyl (C=O) groups excluding carboxylic acids is 2. The van der Waals surface area contributed by atoms with Crippen LogP contribution < -0.4 is 4.90 Å². The first-order valence-electron chi connectivity index (χ1n) is 9.63. The first kappa shape index (κ1) is 18.5. The number of carbonyl (C=O) groups is 2. The minimum absolute atomic E-state index is 0.00396. The van der Waals surface area contributed by atoms with E-state index >= 15 is 0 Å². The number of rotatable bonds is 3. The fourth-order valence-corrected chi connectivity index (χ4v) is 4.10. The molecule has 0 aliphatic carbocycles. The first-order valence-corrected chi connectivity index (χ1v) is 9.63. The maximum atomic E-state index is 13.2. The average Bonchev–Trinajstić information content (AvgIpc) is 3.16. The molecule has 2 aliphatic heterocycles. The lowest BCUT2D eigenvalue weighted by Gasteiger charge is -2.31. The number of aromatic nitrogens is 2. The highest BCUT2D eigenvalue weighted by molar-refractivity contribution is 5.95. The molecule has 7 heteroatoms. The number of hydrogen-bond acceptors (Lipinski definition) is 4. The third-order valence-electron chi connectivity index (χ3n) is 5.56. The van der Waals surface area contributed by atoms with Crippen LogP contribution in [0.15, 0.2) is 24.3 Å². The number of amides is 2. The molecule has 2 amide bonds. The van der Waals surface area contributed by atoms with Crippen LogP contribution in [0, 0.1) is 12.7 Å². The Morgan fingerprint density at radius 3 is 2.68 bits per heavy atom. The van der Waals surface area contributed by atoms with Gasteiger partial charge < -0.3 is 4.90 Å². The number of likely N-dealkylation sites (tertiary alicyclic amines) is 1. The second-order valence-electron chi connectivity index (χ2n) is 7.45. The molecular weight excluding hydrogens is 359 g/mol. The van der Waals surface area contributed by atoms with E-state index in [4.69, 9.17) is 4.98 Å². The summed E-state index contributed by atoms with van der Waals surface area (Å²) in [4.78, 5) is 37.5. The van der Waals surface area contributed by atoms with E-state index in [-0.39, 0.29) is 23.7 Å². The minimum atomic E-state index is -0.305. The van der Waals surface area contributed by atoms with Crippen LogP contribution in [0.3, 0.4) is 0 Å². The molecule has 1 saturated heterocycles. The van der Waals surface area contributed by atoms with Gasteiger partial charge in [0.1, 0.15) is 11.6 Å². The van der Waals surface area contributed by atoms with Crippen molar-refractivity contribution in [3.8, 4) is 0 Å². The fraction of sp³-hybridized carbons (Fsp3) is 0.429. The van der Waals surface area contributed by atoms with E-state index in [1.165, 1.54) is 12.1 Å². The Morgan fingerprint density at radius 2 is 1.96 bits per heavy atom. The predicted octanol–water partition coefficient (Wildman–Crippen LogP) is 3.09. The lowest BCUT2D eigenvalue weighted by molar-refractivity contribution is -0.129. The van der Waals surface area contributed by atoms with Crippen LogP contribution in [0.25, 0.3) is 0 Å². The van der Waals surface area contributed by atoms with Gasteiger partial charge in [0.25, 0.3) is 0 Å². The van der Waals surface area contributed by atoms with Gasteiger partial charge in [-0.05, 0) is 43.9 Å². The predicted molar refractivity (Wildman–Crippen MR) is 102 cm³/mol. The Labute approximate surface area is 163 Å². The van der Waals surface area contributed by atoms with Crippen molar-refractivity contribution in [3.63, 3.8) is 0 Å². The zero-order chi connectivity index (χ0) is 19.8. The molecule has 28 heavy (non-hydrogen) atoms. The molecule has 0 bridgehead atoms. The molecule has 0 unspecified atom stereocenters. The van der Waals surface area contributed by atoms with Gasteiger partial charge in [-0.3, -0.25) is 14.5 Å². The smallest absolute Gasteiger partial charge is 0.228 e. The number of nitrogens with zero attached hydrogens (tertiary/aromatic N) is 4. The molecule has 1 fully saturated rings. The Bertz CT molecular complexity index is 929. The van der Waals surface area contributed by atoms with E-state index in [1.54, 1.807) is 28.9 Å². The summed E-state index contributed by atoms with van der Waals surface area (Å²) in [5.41, 5.74) is 2.66. The van der Waals surface area contributed by atoms with Crippen LogP contribution in [-0.4, -0.2) is 33.2 Å². The van der Waals surface area contributed by atoms with Crippen molar-refractivity contribution in [1.82, 2.24) is 14.9 Å². The summed E-state index contributed by atoms with van der Waals surface area (Å²) in [6.45, 7) is 4.54. The Hall–Kier alpha value is -2.83. The summed E-state index contributed by atoms with van der Waals surface area (Å²) in [5, 5.41) is 0. The molecule has 1 aromatic heterocycles. The van der Waals surface area contributed by atoms with Gasteiger partial charge in [0.15, 0.2) is 5.82 Å². The van der Waals surface area contributed by atoms with Crippen LogP contribution in [0.5, 0.6) is 0 Å². The summed E-state index contributed by atoms with van der Waals surface area (Å²) >= 11 is 0. The normalized spacial score (nSPS) is 19.1. The molecule has 2 aliphatic rings. The summed E-state index contributed by atoms with van der Waals surface area (Å²) in [5.74, 6) is 0.929. The third kappa shape index (κ3) is 3.37. The van der Waals surface area contributed by atoms with Gasteiger partial charge in [0.2, 0.25) is 11.8 Å². The summed E-state index contributed by atoms with van der Waals surface area (Å²) in [6.07, 6.45) is 2.76. The van der Waals surface area contributed by atoms with E-state index in [1.807, 2.05) is 6.92 Å². The van der Waals surface area contributed by atoms with Gasteiger partial charge in [-0.25, -0.2) is 14.4 Å². The quantitative estimate of drug-likeness (QED) is 0.818. The monoisotopic (exact) mass is 382 g/mol. The molecule has 2 aromatic rings. The van der Waals surface area contributed by atoms with Gasteiger partial charge in [-0.1, -0.05) is 12.1 Å². The Kier molecular flexibility index (Phi) is 4.83. The standard InChI is InChI=1S/C21H23FN4O2/c1-13-17-9-10-19(28)26(12-15-5-7-16(22)8-6-15)21(17)24-20(23-13)18-4-3-11-25(18)14(2)27/h5-8,18H,3-4,9-12H2,1-2H3/t18-/m1/s1. The number of hydrogen-bond donors (Lipinski definition) is 0. The summed E-state index contributed by atoms with van der Waals surface area (Å²) < 4.78 is 13.2. The molecule has 6 nitrogen and oxygen atoms in total. The van der Waals surface area contributed by atoms with E-state index in [9.17, 15) is 14.0 Å². The molecule has 0 spiro atoms. The Balaban J connectivity index is 1.72. The van der Waals surface area contributed by atoms with Crippen molar-refractivity contribution < 1.29 is 14.0 Å². The van der Waals surface area contributed by atoms with Crippen molar-refractivity contribution in [3.05, 3.63) is 52.7 Å². The van der Waals surface area contributed by atoms with Crippen molar-refractivity contribution >= 4 is 17.6 Å². The van der Waals surface area contributed by atoms with Crippen LogP contribution in [0.1, 0.15) is 54.9 Å². The number of benzene rings is 1. The highest BCUT2D eigenvalue weighted by Gasteiger charge is 2.34. The maximum Gasteiger partial charge on any atom is 0.228 e. The second kappa shape index (κ2) is 7.30. The topological polar surface area (TPSA) is 66.4 Å². The van der Waals surface area contributed by atoms with Crippen LogP contribution in [0.2, 0.25) is 0 Å². The Morgan fingerprint density at radius 1 is 1.21 bits per heavy atom. The number of fused-ring (bicyclic) bond motifs is 1. The second-order valence-corrected chi connectivity index (χ2v) is 7.45. The van der Waals surface area contributed by atoms with E-state index in [0.29, 0.717) is 37.6 Å². The van der Waals surface area contributed by atoms with Gasteiger partial charge in [0, 0.05) is 31.1 Å². The largest absolute Gasteiger partial charge is 0.333 e. The zero-order valence-corrected chi connectivity index (χ0v) is 16.1. The van der Waals surface area contributed by atoms with E-state index < -0.39 is 0 Å².